The zero-order chi connectivity index (χ0) is 15.1. The Kier molecular flexibility index (Phi) is 15.1. The minimum atomic E-state index is -0.0300. The van der Waals surface area contributed by atoms with Crippen LogP contribution in [-0.4, -0.2) is 4.08 Å². The van der Waals surface area contributed by atoms with Gasteiger partial charge in [-0.25, -0.2) is 0 Å². The highest BCUT2D eigenvalue weighted by atomic mass is 32.2. The predicted octanol–water partition coefficient (Wildman–Crippen LogP) is 7.43. The van der Waals surface area contributed by atoms with Crippen LogP contribution in [0.4, 0.5) is 0 Å². The van der Waals surface area contributed by atoms with Crippen molar-refractivity contribution >= 4 is 25.3 Å². The van der Waals surface area contributed by atoms with Crippen LogP contribution in [0.15, 0.2) is 0 Å². The van der Waals surface area contributed by atoms with E-state index >= 15 is 0 Å². The summed E-state index contributed by atoms with van der Waals surface area (Å²) in [4.78, 5) is 0. The molecule has 0 aliphatic rings. The van der Waals surface area contributed by atoms with Crippen LogP contribution >= 0.6 is 25.3 Å². The van der Waals surface area contributed by atoms with Gasteiger partial charge in [0.15, 0.2) is 0 Å². The van der Waals surface area contributed by atoms with Crippen LogP contribution in [0, 0.1) is 0 Å². The number of rotatable bonds is 15. The van der Waals surface area contributed by atoms with E-state index in [1.807, 2.05) is 0 Å². The average molecular weight is 319 g/mol. The standard InChI is InChI=1S/C18H38S2/c1-3-5-6-7-8-9-10-11-12-13-14-15-16-17-18(19,20)4-2/h19-20H,3-17H2,1-2H3. The Balaban J connectivity index is 3.06. The first kappa shape index (κ1) is 20.7. The van der Waals surface area contributed by atoms with Gasteiger partial charge >= 0.3 is 0 Å². The van der Waals surface area contributed by atoms with E-state index in [-0.39, 0.29) is 4.08 Å². The van der Waals surface area contributed by atoms with Gasteiger partial charge in [-0.15, -0.1) is 0 Å². The molecule has 0 aliphatic heterocycles. The first-order valence-corrected chi connectivity index (χ1v) is 9.96. The maximum Gasteiger partial charge on any atom is 0.0549 e. The highest BCUT2D eigenvalue weighted by Gasteiger charge is 2.15. The summed E-state index contributed by atoms with van der Waals surface area (Å²) in [6.07, 6.45) is 20.6. The van der Waals surface area contributed by atoms with Gasteiger partial charge in [0, 0.05) is 0 Å². The second-order valence-corrected chi connectivity index (χ2v) is 8.39. The number of thiol groups is 2. The fourth-order valence-electron chi connectivity index (χ4n) is 2.60. The summed E-state index contributed by atoms with van der Waals surface area (Å²) in [6.45, 7) is 4.46. The Hall–Kier alpha value is 0.700. The molecule has 0 aromatic carbocycles. The van der Waals surface area contributed by atoms with Crippen LogP contribution in [0.1, 0.15) is 110 Å². The lowest BCUT2D eigenvalue weighted by molar-refractivity contribution is 0.530. The van der Waals surface area contributed by atoms with Gasteiger partial charge < -0.3 is 0 Å². The lowest BCUT2D eigenvalue weighted by Crippen LogP contribution is -2.10. The number of hydrogen-bond acceptors (Lipinski definition) is 2. The molecule has 2 heteroatoms. The highest BCUT2D eigenvalue weighted by Crippen LogP contribution is 2.30. The van der Waals surface area contributed by atoms with Gasteiger partial charge in [0.25, 0.3) is 0 Å². The summed E-state index contributed by atoms with van der Waals surface area (Å²) < 4.78 is -0.0300. The quantitative estimate of drug-likeness (QED) is 0.175. The fraction of sp³-hybridized carbons (Fsp3) is 1.00. The van der Waals surface area contributed by atoms with Crippen LogP contribution in [-0.2, 0) is 0 Å². The normalized spacial score (nSPS) is 12.0. The molecule has 0 N–H and O–H groups in total. The molecule has 0 bridgehead atoms. The molecule has 0 unspecified atom stereocenters. The summed E-state index contributed by atoms with van der Waals surface area (Å²) in [5.41, 5.74) is 0. The van der Waals surface area contributed by atoms with Crippen molar-refractivity contribution in [3.63, 3.8) is 0 Å². The Bertz CT molecular complexity index is 190. The molecule has 0 radical (unpaired) electrons. The van der Waals surface area contributed by atoms with Gasteiger partial charge in [-0.1, -0.05) is 97.3 Å². The van der Waals surface area contributed by atoms with E-state index in [0.29, 0.717) is 0 Å². The molecule has 0 aromatic rings. The maximum absolute atomic E-state index is 4.56. The first-order valence-electron chi connectivity index (χ1n) is 9.07. The summed E-state index contributed by atoms with van der Waals surface area (Å²) >= 11 is 9.13. The molecule has 122 valence electrons. The van der Waals surface area contributed by atoms with E-state index in [9.17, 15) is 0 Å². The van der Waals surface area contributed by atoms with Crippen molar-refractivity contribution in [2.24, 2.45) is 0 Å². The molecule has 0 aliphatic carbocycles. The Morgan fingerprint density at radius 2 is 0.900 bits per heavy atom. The monoisotopic (exact) mass is 318 g/mol. The molecule has 0 fully saturated rings. The van der Waals surface area contributed by atoms with E-state index in [4.69, 9.17) is 0 Å². The smallest absolute Gasteiger partial charge is 0.0549 e. The van der Waals surface area contributed by atoms with Gasteiger partial charge in [-0.3, -0.25) is 0 Å². The lowest BCUT2D eigenvalue weighted by atomic mass is 10.0. The third kappa shape index (κ3) is 15.1. The molecule has 0 saturated carbocycles. The predicted molar refractivity (Wildman–Crippen MR) is 101 cm³/mol. The summed E-state index contributed by atoms with van der Waals surface area (Å²) in [5.74, 6) is 0. The molecule has 0 nitrogen and oxygen atoms in total. The molecular weight excluding hydrogens is 280 g/mol. The summed E-state index contributed by atoms with van der Waals surface area (Å²) in [7, 11) is 0. The van der Waals surface area contributed by atoms with E-state index in [2.05, 4.69) is 39.1 Å². The van der Waals surface area contributed by atoms with Crippen LogP contribution < -0.4 is 0 Å². The van der Waals surface area contributed by atoms with Gasteiger partial charge in [0.1, 0.15) is 0 Å². The van der Waals surface area contributed by atoms with Crippen LogP contribution in [0.25, 0.3) is 0 Å². The third-order valence-corrected chi connectivity index (χ3v) is 5.33. The van der Waals surface area contributed by atoms with Crippen LogP contribution in [0.5, 0.6) is 0 Å². The van der Waals surface area contributed by atoms with Crippen LogP contribution in [0.3, 0.4) is 0 Å². The van der Waals surface area contributed by atoms with Crippen LogP contribution in [0.2, 0.25) is 0 Å². The van der Waals surface area contributed by atoms with Crippen molar-refractivity contribution in [3.8, 4) is 0 Å². The van der Waals surface area contributed by atoms with Crippen molar-refractivity contribution in [1.29, 1.82) is 0 Å². The summed E-state index contributed by atoms with van der Waals surface area (Å²) in [6, 6.07) is 0. The third-order valence-electron chi connectivity index (χ3n) is 4.25. The molecule has 0 heterocycles. The van der Waals surface area contributed by atoms with Crippen molar-refractivity contribution in [2.75, 3.05) is 0 Å². The van der Waals surface area contributed by atoms with Crippen molar-refractivity contribution in [3.05, 3.63) is 0 Å². The van der Waals surface area contributed by atoms with E-state index < -0.39 is 0 Å². The lowest BCUT2D eigenvalue weighted by Gasteiger charge is -2.19. The molecule has 0 rings (SSSR count). The molecule has 20 heavy (non-hydrogen) atoms. The Morgan fingerprint density at radius 3 is 1.25 bits per heavy atom. The maximum atomic E-state index is 4.56. The Morgan fingerprint density at radius 1 is 0.550 bits per heavy atom. The molecule has 0 aromatic heterocycles. The molecule has 0 saturated heterocycles. The van der Waals surface area contributed by atoms with Gasteiger partial charge in [0.2, 0.25) is 0 Å². The highest BCUT2D eigenvalue weighted by molar-refractivity contribution is 8.00. The molecule has 0 spiro atoms. The minimum Gasteiger partial charge on any atom is -0.162 e. The van der Waals surface area contributed by atoms with Gasteiger partial charge in [-0.05, 0) is 12.8 Å². The molecular formula is C18H38S2. The number of hydrogen-bond donors (Lipinski definition) is 2. The van der Waals surface area contributed by atoms with Crippen molar-refractivity contribution in [1.82, 2.24) is 0 Å². The van der Waals surface area contributed by atoms with Gasteiger partial charge in [-0.2, -0.15) is 25.3 Å². The minimum absolute atomic E-state index is 0.0300. The molecule has 0 atom stereocenters. The van der Waals surface area contributed by atoms with Crippen molar-refractivity contribution in [2.45, 2.75) is 114 Å². The first-order chi connectivity index (χ1) is 9.62. The second kappa shape index (κ2) is 14.6. The summed E-state index contributed by atoms with van der Waals surface area (Å²) in [5, 5.41) is 0. The van der Waals surface area contributed by atoms with E-state index in [1.165, 1.54) is 83.5 Å². The Labute approximate surface area is 139 Å². The second-order valence-electron chi connectivity index (χ2n) is 6.33. The van der Waals surface area contributed by atoms with E-state index in [0.717, 1.165) is 12.8 Å². The zero-order valence-electron chi connectivity index (χ0n) is 14.0. The van der Waals surface area contributed by atoms with E-state index in [1.54, 1.807) is 0 Å². The number of unbranched alkanes of at least 4 members (excludes halogenated alkanes) is 12. The van der Waals surface area contributed by atoms with Crippen molar-refractivity contribution < 1.29 is 0 Å². The topological polar surface area (TPSA) is 0 Å². The SMILES string of the molecule is CCCCCCCCCCCCCCCC(S)(S)CC. The largest absolute Gasteiger partial charge is 0.162 e. The zero-order valence-corrected chi connectivity index (χ0v) is 15.8. The van der Waals surface area contributed by atoms with Gasteiger partial charge in [0.05, 0.1) is 4.08 Å². The average Bonchev–Trinajstić information content (AvgIpc) is 2.44. The molecule has 0 amide bonds. The fourth-order valence-corrected chi connectivity index (χ4v) is 2.92.